The minimum absolute atomic E-state index is 0.0404. The minimum Gasteiger partial charge on any atom is -0.390 e. The molecule has 1 unspecified atom stereocenters. The van der Waals surface area contributed by atoms with Crippen molar-refractivity contribution in [3.63, 3.8) is 0 Å². The van der Waals surface area contributed by atoms with Gasteiger partial charge in [-0.3, -0.25) is 18.9 Å². The van der Waals surface area contributed by atoms with E-state index in [4.69, 9.17) is 15.0 Å². The predicted molar refractivity (Wildman–Crippen MR) is 79.1 cm³/mol. The van der Waals surface area contributed by atoms with Gasteiger partial charge in [-0.25, -0.2) is 4.98 Å². The van der Waals surface area contributed by atoms with Crippen LogP contribution >= 0.6 is 8.25 Å². The maximum atomic E-state index is 11.8. The van der Waals surface area contributed by atoms with E-state index in [0.29, 0.717) is 0 Å². The van der Waals surface area contributed by atoms with Crippen LogP contribution in [0.4, 0.5) is 5.95 Å². The van der Waals surface area contributed by atoms with Crippen LogP contribution < -0.4 is 11.3 Å². The lowest BCUT2D eigenvalue weighted by Crippen LogP contribution is -2.25. The molecule has 1 aliphatic rings. The minimum atomic E-state index is -2.59. The quantitative estimate of drug-likeness (QED) is 0.602. The third kappa shape index (κ3) is 3.14. The van der Waals surface area contributed by atoms with Gasteiger partial charge in [-0.15, -0.1) is 0 Å². The SMILES string of the molecule is CO[PH](=O)OC[C@H]1O[C@@H](n2cnc3c(=O)[nH]c(N)nc32)C[C@@H]1O. The average Bonchev–Trinajstić information content (AvgIpc) is 3.08. The number of nitrogens with two attached hydrogens (primary N) is 1. The second-order valence-electron chi connectivity index (χ2n) is 4.97. The number of fused-ring (bicyclic) bond motifs is 1. The van der Waals surface area contributed by atoms with E-state index >= 15 is 0 Å². The van der Waals surface area contributed by atoms with Gasteiger partial charge >= 0.3 is 8.25 Å². The Labute approximate surface area is 130 Å². The number of hydrogen-bond donors (Lipinski definition) is 3. The van der Waals surface area contributed by atoms with Crippen molar-refractivity contribution in [1.82, 2.24) is 19.5 Å². The first-order valence-electron chi connectivity index (χ1n) is 6.76. The lowest BCUT2D eigenvalue weighted by Gasteiger charge is -2.15. The monoisotopic (exact) mass is 345 g/mol. The number of aromatic amines is 1. The highest BCUT2D eigenvalue weighted by molar-refractivity contribution is 7.33. The zero-order valence-electron chi connectivity index (χ0n) is 12.1. The first kappa shape index (κ1) is 16.1. The molecule has 0 radical (unpaired) electrons. The summed E-state index contributed by atoms with van der Waals surface area (Å²) in [5, 5.41) is 10.0. The third-order valence-electron chi connectivity index (χ3n) is 3.50. The first-order valence-corrected chi connectivity index (χ1v) is 7.98. The van der Waals surface area contributed by atoms with Gasteiger partial charge in [0.15, 0.2) is 11.2 Å². The highest BCUT2D eigenvalue weighted by Gasteiger charge is 2.36. The maximum Gasteiger partial charge on any atom is 0.318 e. The Morgan fingerprint density at radius 2 is 2.43 bits per heavy atom. The molecule has 2 aromatic heterocycles. The number of aliphatic hydroxyl groups excluding tert-OH is 1. The van der Waals surface area contributed by atoms with Crippen molar-refractivity contribution in [2.24, 2.45) is 0 Å². The number of ether oxygens (including phenoxy) is 1. The topological polar surface area (TPSA) is 155 Å². The lowest BCUT2D eigenvalue weighted by molar-refractivity contribution is -0.0388. The number of imidazole rings is 1. The van der Waals surface area contributed by atoms with E-state index in [-0.39, 0.29) is 30.1 Å². The maximum absolute atomic E-state index is 11.8. The van der Waals surface area contributed by atoms with Crippen molar-refractivity contribution in [3.8, 4) is 0 Å². The second-order valence-corrected chi connectivity index (χ2v) is 6.17. The molecule has 0 aromatic carbocycles. The Morgan fingerprint density at radius 1 is 1.65 bits per heavy atom. The Bertz CT molecular complexity index is 791. The Kier molecular flexibility index (Phi) is 4.46. The first-order chi connectivity index (χ1) is 11.0. The summed E-state index contributed by atoms with van der Waals surface area (Å²) in [5.74, 6) is -0.0404. The largest absolute Gasteiger partial charge is 0.390 e. The third-order valence-corrected chi connectivity index (χ3v) is 4.23. The molecule has 0 spiro atoms. The van der Waals surface area contributed by atoms with Crippen LogP contribution in [-0.2, 0) is 18.3 Å². The van der Waals surface area contributed by atoms with Gasteiger partial charge in [-0.1, -0.05) is 0 Å². The van der Waals surface area contributed by atoms with Crippen LogP contribution in [0.25, 0.3) is 11.2 Å². The van der Waals surface area contributed by atoms with Gasteiger partial charge < -0.3 is 24.6 Å². The molecule has 4 atom stereocenters. The van der Waals surface area contributed by atoms with Crippen molar-refractivity contribution < 1.29 is 23.5 Å². The fraction of sp³-hybridized carbons (Fsp3) is 0.545. The molecule has 23 heavy (non-hydrogen) atoms. The van der Waals surface area contributed by atoms with Crippen LogP contribution in [0.2, 0.25) is 0 Å². The molecule has 12 heteroatoms. The normalized spacial score (nSPS) is 25.9. The van der Waals surface area contributed by atoms with Gasteiger partial charge in [-0.05, 0) is 0 Å². The fourth-order valence-electron chi connectivity index (χ4n) is 2.40. The number of rotatable bonds is 5. The molecule has 3 heterocycles. The number of nitrogens with one attached hydrogen (secondary N) is 1. The van der Waals surface area contributed by atoms with Crippen LogP contribution in [0, 0.1) is 0 Å². The Balaban J connectivity index is 1.81. The van der Waals surface area contributed by atoms with E-state index in [2.05, 4.69) is 19.5 Å². The van der Waals surface area contributed by atoms with Crippen molar-refractivity contribution in [2.45, 2.75) is 24.9 Å². The molecule has 11 nitrogen and oxygen atoms in total. The van der Waals surface area contributed by atoms with Crippen molar-refractivity contribution >= 4 is 25.4 Å². The fourth-order valence-corrected chi connectivity index (χ4v) is 2.82. The van der Waals surface area contributed by atoms with Crippen LogP contribution in [0.1, 0.15) is 12.6 Å². The van der Waals surface area contributed by atoms with Crippen molar-refractivity contribution in [1.29, 1.82) is 0 Å². The number of aromatic nitrogens is 4. The van der Waals surface area contributed by atoms with E-state index in [0.717, 1.165) is 0 Å². The molecule has 1 fully saturated rings. The Morgan fingerprint density at radius 3 is 3.17 bits per heavy atom. The molecule has 126 valence electrons. The van der Waals surface area contributed by atoms with E-state index in [9.17, 15) is 14.5 Å². The number of hydrogen-bond acceptors (Lipinski definition) is 9. The molecular formula is C11H16N5O6P. The molecule has 0 bridgehead atoms. The summed E-state index contributed by atoms with van der Waals surface area (Å²) in [6.07, 6.45) is -0.473. The lowest BCUT2D eigenvalue weighted by atomic mass is 10.2. The number of H-pyrrole nitrogens is 1. The zero-order chi connectivity index (χ0) is 16.6. The van der Waals surface area contributed by atoms with E-state index in [1.54, 1.807) is 0 Å². The van der Waals surface area contributed by atoms with Gasteiger partial charge in [0.1, 0.15) is 12.3 Å². The summed E-state index contributed by atoms with van der Waals surface area (Å²) in [7, 11) is -1.32. The van der Waals surface area contributed by atoms with Gasteiger partial charge in [0.05, 0.1) is 19.0 Å². The average molecular weight is 345 g/mol. The van der Waals surface area contributed by atoms with Crippen LogP contribution in [0.15, 0.2) is 11.1 Å². The van der Waals surface area contributed by atoms with Gasteiger partial charge in [0, 0.05) is 13.5 Å². The summed E-state index contributed by atoms with van der Waals surface area (Å²) in [6, 6.07) is 0. The standard InChI is InChI=1S/C11H16N5O6P/c1-20-23(19)21-3-6-5(17)2-7(22-6)16-4-13-8-9(16)14-11(12)15-10(8)18/h4-7,17,23H,2-3H2,1H3,(H3,12,14,15,18)/t5-,6+,7+/m0/s1. The van der Waals surface area contributed by atoms with Gasteiger partial charge in [0.25, 0.3) is 5.56 Å². The number of nitrogen functional groups attached to an aromatic ring is 1. The second kappa shape index (κ2) is 6.38. The summed E-state index contributed by atoms with van der Waals surface area (Å²) < 4.78 is 27.9. The summed E-state index contributed by atoms with van der Waals surface area (Å²) >= 11 is 0. The zero-order valence-corrected chi connectivity index (χ0v) is 13.1. The molecule has 0 saturated carbocycles. The van der Waals surface area contributed by atoms with E-state index in [1.807, 2.05) is 0 Å². The molecule has 2 aromatic rings. The summed E-state index contributed by atoms with van der Waals surface area (Å²) in [5.41, 5.74) is 5.47. The number of nitrogens with zero attached hydrogens (tertiary/aromatic N) is 3. The van der Waals surface area contributed by atoms with Crippen LogP contribution in [0.5, 0.6) is 0 Å². The van der Waals surface area contributed by atoms with E-state index < -0.39 is 32.2 Å². The molecule has 1 aliphatic heterocycles. The smallest absolute Gasteiger partial charge is 0.318 e. The van der Waals surface area contributed by atoms with Crippen LogP contribution in [-0.4, -0.2) is 50.6 Å². The Hall–Kier alpha value is -1.78. The molecule has 0 amide bonds. The number of aliphatic hydroxyl groups is 1. The number of anilines is 1. The van der Waals surface area contributed by atoms with E-state index in [1.165, 1.54) is 18.0 Å². The van der Waals surface area contributed by atoms with Crippen molar-refractivity contribution in [2.75, 3.05) is 19.5 Å². The molecule has 0 aliphatic carbocycles. The van der Waals surface area contributed by atoms with Crippen molar-refractivity contribution in [3.05, 3.63) is 16.7 Å². The summed E-state index contributed by atoms with van der Waals surface area (Å²) in [6.45, 7) is -0.0773. The molecular weight excluding hydrogens is 329 g/mol. The summed E-state index contributed by atoms with van der Waals surface area (Å²) in [4.78, 5) is 22.1. The predicted octanol–water partition coefficient (Wildman–Crippen LogP) is -0.597. The van der Waals surface area contributed by atoms with Gasteiger partial charge in [0.2, 0.25) is 5.95 Å². The molecule has 4 N–H and O–H groups in total. The van der Waals surface area contributed by atoms with Gasteiger partial charge in [-0.2, -0.15) is 4.98 Å². The molecule has 3 rings (SSSR count). The highest BCUT2D eigenvalue weighted by atomic mass is 31.1. The highest BCUT2D eigenvalue weighted by Crippen LogP contribution is 2.32. The molecule has 1 saturated heterocycles. The van der Waals surface area contributed by atoms with Crippen LogP contribution in [0.3, 0.4) is 0 Å².